The van der Waals surface area contributed by atoms with E-state index in [9.17, 15) is 0 Å². The maximum absolute atomic E-state index is 5.14. The van der Waals surface area contributed by atoms with Gasteiger partial charge < -0.3 is 9.64 Å². The van der Waals surface area contributed by atoms with Gasteiger partial charge in [0.05, 0.1) is 12.8 Å². The fourth-order valence-electron chi connectivity index (χ4n) is 1.74. The van der Waals surface area contributed by atoms with E-state index in [1.165, 1.54) is 5.69 Å². The van der Waals surface area contributed by atoms with Crippen molar-refractivity contribution in [3.63, 3.8) is 0 Å². The van der Waals surface area contributed by atoms with E-state index in [0.29, 0.717) is 0 Å². The number of ether oxygens (including phenoxy) is 1. The van der Waals surface area contributed by atoms with Gasteiger partial charge in [-0.3, -0.25) is 4.99 Å². The largest absolute Gasteiger partial charge is 0.497 e. The summed E-state index contributed by atoms with van der Waals surface area (Å²) < 4.78 is 5.14. The quantitative estimate of drug-likeness (QED) is 0.683. The molecule has 0 atom stereocenters. The summed E-state index contributed by atoms with van der Waals surface area (Å²) in [5.41, 5.74) is 3.05. The van der Waals surface area contributed by atoms with Crippen molar-refractivity contribution >= 4 is 30.2 Å². The van der Waals surface area contributed by atoms with E-state index >= 15 is 0 Å². The number of aliphatic imine (C=N–C) groups is 1. The predicted molar refractivity (Wildman–Crippen MR) is 88.3 cm³/mol. The van der Waals surface area contributed by atoms with Crippen LogP contribution in [0, 0.1) is 0 Å². The SMILES string of the molecule is COc1ccc(N=Cc2ccc(N(C)C)cc2)c(S)c1. The Morgan fingerprint density at radius 2 is 1.80 bits per heavy atom. The minimum atomic E-state index is 0.782. The molecule has 0 aliphatic heterocycles. The molecule has 0 N–H and O–H groups in total. The Balaban J connectivity index is 2.16. The Morgan fingerprint density at radius 3 is 2.35 bits per heavy atom. The molecule has 0 aliphatic rings. The molecule has 0 amide bonds. The third kappa shape index (κ3) is 3.54. The van der Waals surface area contributed by atoms with Gasteiger partial charge in [0.25, 0.3) is 0 Å². The van der Waals surface area contributed by atoms with Crippen LogP contribution >= 0.6 is 12.6 Å². The molecule has 0 heterocycles. The van der Waals surface area contributed by atoms with Crippen LogP contribution in [0.1, 0.15) is 5.56 Å². The van der Waals surface area contributed by atoms with Crippen LogP contribution in [0.2, 0.25) is 0 Å². The predicted octanol–water partition coefficient (Wildman–Crippen LogP) is 3.80. The monoisotopic (exact) mass is 286 g/mol. The number of rotatable bonds is 4. The van der Waals surface area contributed by atoms with Gasteiger partial charge in [-0.15, -0.1) is 12.6 Å². The van der Waals surface area contributed by atoms with Gasteiger partial charge >= 0.3 is 0 Å². The van der Waals surface area contributed by atoms with Gasteiger partial charge in [-0.05, 0) is 35.9 Å². The summed E-state index contributed by atoms with van der Waals surface area (Å²) in [6, 6.07) is 13.8. The summed E-state index contributed by atoms with van der Waals surface area (Å²) in [6.45, 7) is 0. The van der Waals surface area contributed by atoms with Gasteiger partial charge in [-0.25, -0.2) is 0 Å². The van der Waals surface area contributed by atoms with Crippen molar-refractivity contribution in [3.8, 4) is 5.75 Å². The lowest BCUT2D eigenvalue weighted by Gasteiger charge is -2.11. The van der Waals surface area contributed by atoms with E-state index in [-0.39, 0.29) is 0 Å². The van der Waals surface area contributed by atoms with Crippen LogP contribution in [0.25, 0.3) is 0 Å². The molecule has 0 aliphatic carbocycles. The zero-order valence-corrected chi connectivity index (χ0v) is 12.8. The van der Waals surface area contributed by atoms with Crippen molar-refractivity contribution in [1.29, 1.82) is 0 Å². The lowest BCUT2D eigenvalue weighted by atomic mass is 10.2. The number of nitrogens with zero attached hydrogens (tertiary/aromatic N) is 2. The zero-order chi connectivity index (χ0) is 14.5. The van der Waals surface area contributed by atoms with Crippen molar-refractivity contribution in [2.75, 3.05) is 26.1 Å². The fraction of sp³-hybridized carbons (Fsp3) is 0.188. The molecule has 0 saturated carbocycles. The van der Waals surface area contributed by atoms with Gasteiger partial charge in [0.1, 0.15) is 5.75 Å². The number of hydrogen-bond acceptors (Lipinski definition) is 4. The Hall–Kier alpha value is -1.94. The van der Waals surface area contributed by atoms with Gasteiger partial charge in [-0.1, -0.05) is 12.1 Å². The molecule has 2 aromatic rings. The Kier molecular flexibility index (Phi) is 4.69. The molecule has 0 fully saturated rings. The van der Waals surface area contributed by atoms with E-state index in [4.69, 9.17) is 4.74 Å². The molecule has 2 aromatic carbocycles. The topological polar surface area (TPSA) is 24.8 Å². The Labute approximate surface area is 125 Å². The summed E-state index contributed by atoms with van der Waals surface area (Å²) in [5, 5.41) is 0. The van der Waals surface area contributed by atoms with Crippen LogP contribution < -0.4 is 9.64 Å². The highest BCUT2D eigenvalue weighted by molar-refractivity contribution is 7.80. The summed E-state index contributed by atoms with van der Waals surface area (Å²) in [4.78, 5) is 7.32. The van der Waals surface area contributed by atoms with Crippen molar-refractivity contribution < 1.29 is 4.74 Å². The Bertz CT molecular complexity index is 606. The smallest absolute Gasteiger partial charge is 0.120 e. The lowest BCUT2D eigenvalue weighted by Crippen LogP contribution is -2.08. The molecule has 20 heavy (non-hydrogen) atoms. The summed E-state index contributed by atoms with van der Waals surface area (Å²) in [5.74, 6) is 0.782. The fourth-order valence-corrected chi connectivity index (χ4v) is 2.00. The maximum atomic E-state index is 5.14. The molecular weight excluding hydrogens is 268 g/mol. The first-order chi connectivity index (χ1) is 9.60. The van der Waals surface area contributed by atoms with E-state index in [1.807, 2.05) is 50.6 Å². The van der Waals surface area contributed by atoms with Crippen molar-refractivity contribution in [1.82, 2.24) is 0 Å². The molecule has 0 bridgehead atoms. The minimum absolute atomic E-state index is 0.782. The normalized spacial score (nSPS) is 10.8. The van der Waals surface area contributed by atoms with E-state index in [0.717, 1.165) is 21.9 Å². The number of anilines is 1. The average molecular weight is 286 g/mol. The third-order valence-electron chi connectivity index (χ3n) is 2.94. The minimum Gasteiger partial charge on any atom is -0.497 e. The molecule has 0 radical (unpaired) electrons. The van der Waals surface area contributed by atoms with Crippen molar-refractivity contribution in [3.05, 3.63) is 48.0 Å². The molecule has 3 nitrogen and oxygen atoms in total. The average Bonchev–Trinajstić information content (AvgIpc) is 2.46. The summed E-state index contributed by atoms with van der Waals surface area (Å²) in [6.07, 6.45) is 1.83. The lowest BCUT2D eigenvalue weighted by molar-refractivity contribution is 0.414. The molecule has 0 unspecified atom stereocenters. The number of thiol groups is 1. The van der Waals surface area contributed by atoms with Crippen LogP contribution in [-0.4, -0.2) is 27.4 Å². The second-order valence-electron chi connectivity index (χ2n) is 4.60. The molecule has 0 spiro atoms. The highest BCUT2D eigenvalue weighted by atomic mass is 32.1. The standard InChI is InChI=1S/C16H18N2OS/c1-18(2)13-6-4-12(5-7-13)11-17-15-9-8-14(19-3)10-16(15)20/h4-11,20H,1-3H3. The molecule has 2 rings (SSSR count). The summed E-state index contributed by atoms with van der Waals surface area (Å²) >= 11 is 4.41. The van der Waals surface area contributed by atoms with E-state index in [2.05, 4.69) is 34.7 Å². The molecule has 0 saturated heterocycles. The van der Waals surface area contributed by atoms with Crippen LogP contribution in [0.5, 0.6) is 5.75 Å². The van der Waals surface area contributed by atoms with Crippen LogP contribution in [0.15, 0.2) is 52.4 Å². The van der Waals surface area contributed by atoms with Gasteiger partial charge in [0.2, 0.25) is 0 Å². The first-order valence-corrected chi connectivity index (χ1v) is 6.73. The van der Waals surface area contributed by atoms with Crippen molar-refractivity contribution in [2.24, 2.45) is 4.99 Å². The van der Waals surface area contributed by atoms with Crippen LogP contribution in [0.3, 0.4) is 0 Å². The number of benzene rings is 2. The van der Waals surface area contributed by atoms with Gasteiger partial charge in [-0.2, -0.15) is 0 Å². The van der Waals surface area contributed by atoms with Crippen molar-refractivity contribution in [2.45, 2.75) is 4.90 Å². The Morgan fingerprint density at radius 1 is 1.10 bits per heavy atom. The van der Waals surface area contributed by atoms with E-state index in [1.54, 1.807) is 7.11 Å². The molecule has 0 aromatic heterocycles. The number of hydrogen-bond donors (Lipinski definition) is 1. The molecule has 104 valence electrons. The van der Waals surface area contributed by atoms with Crippen LogP contribution in [-0.2, 0) is 0 Å². The second kappa shape index (κ2) is 6.48. The summed E-state index contributed by atoms with van der Waals surface area (Å²) in [7, 11) is 5.68. The number of methoxy groups -OCH3 is 1. The van der Waals surface area contributed by atoms with Crippen LogP contribution in [0.4, 0.5) is 11.4 Å². The first kappa shape index (κ1) is 14.5. The first-order valence-electron chi connectivity index (χ1n) is 6.28. The highest BCUT2D eigenvalue weighted by Gasteiger charge is 1.99. The maximum Gasteiger partial charge on any atom is 0.120 e. The van der Waals surface area contributed by atoms with Gasteiger partial charge in [0, 0.05) is 30.9 Å². The second-order valence-corrected chi connectivity index (χ2v) is 5.08. The third-order valence-corrected chi connectivity index (χ3v) is 3.30. The highest BCUT2D eigenvalue weighted by Crippen LogP contribution is 2.27. The molecule has 4 heteroatoms. The zero-order valence-electron chi connectivity index (χ0n) is 11.9. The van der Waals surface area contributed by atoms with E-state index < -0.39 is 0 Å². The molecular formula is C16H18N2OS. The van der Waals surface area contributed by atoms with Gasteiger partial charge in [0.15, 0.2) is 0 Å².